The molecule has 0 aliphatic rings. The van der Waals surface area contributed by atoms with E-state index in [1.165, 1.54) is 31.2 Å². The number of nitrogens with one attached hydrogen (secondary N) is 1. The number of anilines is 1. The first kappa shape index (κ1) is 19.8. The monoisotopic (exact) mass is 438 g/mol. The Hall–Kier alpha value is -2.56. The van der Waals surface area contributed by atoms with Crippen LogP contribution in [-0.2, 0) is 14.8 Å². The minimum Gasteiger partial charge on any atom is -0.510 e. The predicted molar refractivity (Wildman–Crippen MR) is 100 cm³/mol. The van der Waals surface area contributed by atoms with Crippen LogP contribution in [0.25, 0.3) is 0 Å². The number of nitrogens with two attached hydrogens (primary N) is 1. The highest BCUT2D eigenvalue weighted by Crippen LogP contribution is 2.19. The molecule has 0 spiro atoms. The van der Waals surface area contributed by atoms with Gasteiger partial charge in [-0.25, -0.2) is 13.6 Å². The fourth-order valence-electron chi connectivity index (χ4n) is 1.82. The highest BCUT2D eigenvalue weighted by atomic mass is 79.9. The van der Waals surface area contributed by atoms with Crippen LogP contribution in [0, 0.1) is 0 Å². The summed E-state index contributed by atoms with van der Waals surface area (Å²) in [6.45, 7) is 1.31. The van der Waals surface area contributed by atoms with Crippen molar-refractivity contribution in [1.29, 1.82) is 0 Å². The average molecular weight is 439 g/mol. The van der Waals surface area contributed by atoms with Crippen molar-refractivity contribution in [3.8, 4) is 0 Å². The van der Waals surface area contributed by atoms with Gasteiger partial charge < -0.3 is 10.4 Å². The number of aliphatic hydroxyl groups is 1. The molecule has 0 aliphatic heterocycles. The van der Waals surface area contributed by atoms with Crippen molar-refractivity contribution in [2.75, 3.05) is 5.32 Å². The molecule has 0 fully saturated rings. The molecule has 0 saturated heterocycles. The third kappa shape index (κ3) is 5.48. The number of aliphatic hydroxyl groups excluding tert-OH is 1. The highest BCUT2D eigenvalue weighted by molar-refractivity contribution is 9.10. The molecule has 0 unspecified atom stereocenters. The summed E-state index contributed by atoms with van der Waals surface area (Å²) in [6.07, 6.45) is 0. The van der Waals surface area contributed by atoms with E-state index in [0.717, 1.165) is 4.47 Å². The lowest BCUT2D eigenvalue weighted by Gasteiger charge is -2.06. The number of allylic oxidation sites excluding steroid dienone is 1. The summed E-state index contributed by atoms with van der Waals surface area (Å²) < 4.78 is 23.3. The Morgan fingerprint density at radius 2 is 1.69 bits per heavy atom. The molecule has 8 nitrogen and oxygen atoms in total. The summed E-state index contributed by atoms with van der Waals surface area (Å²) in [4.78, 5) is 12.2. The fourth-order valence-corrected chi connectivity index (χ4v) is 2.60. The van der Waals surface area contributed by atoms with E-state index in [9.17, 15) is 18.3 Å². The lowest BCUT2D eigenvalue weighted by Crippen LogP contribution is -2.15. The van der Waals surface area contributed by atoms with E-state index in [4.69, 9.17) is 5.14 Å². The molecule has 0 heterocycles. The molecule has 2 aromatic carbocycles. The number of nitrogens with zero attached hydrogens (tertiary/aromatic N) is 2. The quantitative estimate of drug-likeness (QED) is 0.373. The Morgan fingerprint density at radius 3 is 2.19 bits per heavy atom. The van der Waals surface area contributed by atoms with E-state index in [1.807, 2.05) is 0 Å². The van der Waals surface area contributed by atoms with Gasteiger partial charge in [-0.1, -0.05) is 15.9 Å². The number of carbonyl (C=O) groups is 1. The first-order valence-electron chi connectivity index (χ1n) is 7.18. The largest absolute Gasteiger partial charge is 0.510 e. The Labute approximate surface area is 158 Å². The zero-order chi connectivity index (χ0) is 19.3. The maximum Gasteiger partial charge on any atom is 0.279 e. The van der Waals surface area contributed by atoms with Crippen molar-refractivity contribution in [2.45, 2.75) is 11.8 Å². The van der Waals surface area contributed by atoms with Crippen LogP contribution in [0.3, 0.4) is 0 Å². The van der Waals surface area contributed by atoms with Gasteiger partial charge in [0.1, 0.15) is 5.76 Å². The average Bonchev–Trinajstić information content (AvgIpc) is 2.56. The number of carbonyl (C=O) groups excluding carboxylic acids is 1. The molecule has 0 bridgehead atoms. The van der Waals surface area contributed by atoms with E-state index in [1.54, 1.807) is 24.3 Å². The van der Waals surface area contributed by atoms with E-state index in [-0.39, 0.29) is 16.4 Å². The Bertz CT molecular complexity index is 964. The van der Waals surface area contributed by atoms with E-state index >= 15 is 0 Å². The number of benzene rings is 2. The Morgan fingerprint density at radius 1 is 1.12 bits per heavy atom. The van der Waals surface area contributed by atoms with Crippen molar-refractivity contribution >= 4 is 43.2 Å². The molecule has 0 aliphatic carbocycles. The van der Waals surface area contributed by atoms with Crippen LogP contribution in [0.1, 0.15) is 6.92 Å². The van der Waals surface area contributed by atoms with Crippen molar-refractivity contribution in [3.63, 3.8) is 0 Å². The fraction of sp³-hybridized carbons (Fsp3) is 0.0625. The molecule has 2 rings (SSSR count). The van der Waals surface area contributed by atoms with E-state index in [0.29, 0.717) is 11.4 Å². The van der Waals surface area contributed by atoms with Gasteiger partial charge in [-0.3, -0.25) is 4.79 Å². The number of hydrogen-bond donors (Lipinski definition) is 3. The molecular formula is C16H15BrN4O4S. The van der Waals surface area contributed by atoms with Gasteiger partial charge in [0.2, 0.25) is 10.0 Å². The summed E-state index contributed by atoms with van der Waals surface area (Å²) in [5, 5.41) is 24.9. The molecule has 0 aromatic heterocycles. The van der Waals surface area contributed by atoms with Crippen LogP contribution in [0.5, 0.6) is 0 Å². The molecule has 0 radical (unpaired) electrons. The Kier molecular flexibility index (Phi) is 6.24. The summed E-state index contributed by atoms with van der Waals surface area (Å²) in [6, 6.07) is 12.1. The molecule has 1 amide bonds. The van der Waals surface area contributed by atoms with Crippen molar-refractivity contribution in [2.24, 2.45) is 15.4 Å². The second kappa shape index (κ2) is 8.21. The lowest BCUT2D eigenvalue weighted by atomic mass is 10.3. The summed E-state index contributed by atoms with van der Waals surface area (Å²) in [5.41, 5.74) is 0.528. The van der Waals surface area contributed by atoms with Crippen molar-refractivity contribution < 1.29 is 18.3 Å². The SMILES string of the molecule is C/C(O)=C(\N=Nc1ccc(Br)cc1)C(=O)Nc1ccc(S(N)(=O)=O)cc1. The highest BCUT2D eigenvalue weighted by Gasteiger charge is 2.14. The number of amides is 1. The maximum absolute atomic E-state index is 12.3. The number of azo groups is 1. The summed E-state index contributed by atoms with van der Waals surface area (Å²) >= 11 is 3.30. The first-order valence-corrected chi connectivity index (χ1v) is 9.52. The van der Waals surface area contributed by atoms with Gasteiger partial charge >= 0.3 is 0 Å². The number of hydrogen-bond acceptors (Lipinski definition) is 6. The van der Waals surface area contributed by atoms with Crippen LogP contribution < -0.4 is 10.5 Å². The topological polar surface area (TPSA) is 134 Å². The maximum atomic E-state index is 12.3. The normalized spacial score (nSPS) is 12.7. The van der Waals surface area contributed by atoms with Gasteiger partial charge in [-0.05, 0) is 55.5 Å². The van der Waals surface area contributed by atoms with E-state index < -0.39 is 15.9 Å². The summed E-state index contributed by atoms with van der Waals surface area (Å²) in [5.74, 6) is -1.02. The van der Waals surface area contributed by atoms with Crippen LogP contribution in [-0.4, -0.2) is 19.4 Å². The van der Waals surface area contributed by atoms with Crippen molar-refractivity contribution in [3.05, 3.63) is 64.5 Å². The predicted octanol–water partition coefficient (Wildman–Crippen LogP) is 3.61. The third-order valence-corrected chi connectivity index (χ3v) is 4.55. The number of rotatable bonds is 5. The molecule has 2 aromatic rings. The second-order valence-electron chi connectivity index (χ2n) is 5.13. The molecule has 0 atom stereocenters. The molecular weight excluding hydrogens is 424 g/mol. The van der Waals surface area contributed by atoms with Gasteiger partial charge in [-0.15, -0.1) is 5.11 Å². The van der Waals surface area contributed by atoms with Crippen LogP contribution in [0.15, 0.2) is 79.6 Å². The molecule has 10 heteroatoms. The third-order valence-electron chi connectivity index (χ3n) is 3.09. The van der Waals surface area contributed by atoms with Crippen LogP contribution in [0.2, 0.25) is 0 Å². The van der Waals surface area contributed by atoms with Gasteiger partial charge in [0.15, 0.2) is 5.70 Å². The van der Waals surface area contributed by atoms with E-state index in [2.05, 4.69) is 31.5 Å². The van der Waals surface area contributed by atoms with Crippen LogP contribution in [0.4, 0.5) is 11.4 Å². The number of halogens is 1. The summed E-state index contributed by atoms with van der Waals surface area (Å²) in [7, 11) is -3.82. The number of primary sulfonamides is 1. The molecule has 136 valence electrons. The Balaban J connectivity index is 2.16. The van der Waals surface area contributed by atoms with Crippen molar-refractivity contribution in [1.82, 2.24) is 0 Å². The van der Waals surface area contributed by atoms with Gasteiger partial charge in [-0.2, -0.15) is 5.11 Å². The smallest absolute Gasteiger partial charge is 0.279 e. The molecule has 4 N–H and O–H groups in total. The zero-order valence-corrected chi connectivity index (χ0v) is 16.0. The minimum atomic E-state index is -3.82. The first-order chi connectivity index (χ1) is 12.2. The standard InChI is InChI=1S/C16H15BrN4O4S/c1-10(22)15(21-20-13-4-2-11(17)3-5-13)16(23)19-12-6-8-14(9-7-12)26(18,24)25/h2-9,22H,1H3,(H,19,23)(H2,18,24,25)/b15-10+,21-20?. The number of sulfonamides is 1. The lowest BCUT2D eigenvalue weighted by molar-refractivity contribution is -0.113. The molecule has 0 saturated carbocycles. The minimum absolute atomic E-state index is 0.0838. The second-order valence-corrected chi connectivity index (χ2v) is 7.61. The van der Waals surface area contributed by atoms with Gasteiger partial charge in [0.05, 0.1) is 10.6 Å². The molecule has 26 heavy (non-hydrogen) atoms. The zero-order valence-electron chi connectivity index (χ0n) is 13.5. The van der Waals surface area contributed by atoms with Gasteiger partial charge in [0, 0.05) is 10.2 Å². The van der Waals surface area contributed by atoms with Gasteiger partial charge in [0.25, 0.3) is 5.91 Å². The van der Waals surface area contributed by atoms with Crippen LogP contribution >= 0.6 is 15.9 Å².